The van der Waals surface area contributed by atoms with Gasteiger partial charge in [-0.2, -0.15) is 0 Å². The Kier molecular flexibility index (Phi) is 3.21. The van der Waals surface area contributed by atoms with Crippen LogP contribution in [0.2, 0.25) is 0 Å². The van der Waals surface area contributed by atoms with Gasteiger partial charge in [0.2, 0.25) is 0 Å². The van der Waals surface area contributed by atoms with Crippen LogP contribution in [0.3, 0.4) is 0 Å². The molecule has 3 heteroatoms. The van der Waals surface area contributed by atoms with Gasteiger partial charge >= 0.3 is 5.97 Å². The third kappa shape index (κ3) is 2.31. The Balaban J connectivity index is 2.94. The van der Waals surface area contributed by atoms with Gasteiger partial charge in [0.05, 0.1) is 5.57 Å². The molecule has 14 heavy (non-hydrogen) atoms. The Morgan fingerprint density at radius 1 is 1.50 bits per heavy atom. The highest BCUT2D eigenvalue weighted by atomic mass is 19.1. The maximum absolute atomic E-state index is 13.1. The lowest BCUT2D eigenvalue weighted by Crippen LogP contribution is -2.03. The van der Waals surface area contributed by atoms with Crippen molar-refractivity contribution in [3.05, 3.63) is 53.5 Å². The highest BCUT2D eigenvalue weighted by Gasteiger charge is 2.09. The molecule has 0 radical (unpaired) electrons. The van der Waals surface area contributed by atoms with Gasteiger partial charge in [-0.25, -0.2) is 9.18 Å². The molecule has 0 heterocycles. The molecule has 0 saturated heterocycles. The second-order valence-corrected chi connectivity index (χ2v) is 2.73. The predicted molar refractivity (Wildman–Crippen MR) is 50.4 cm³/mol. The van der Waals surface area contributed by atoms with Crippen LogP contribution >= 0.6 is 0 Å². The van der Waals surface area contributed by atoms with Gasteiger partial charge in [-0.3, -0.25) is 0 Å². The Labute approximate surface area is 81.0 Å². The normalized spacial score (nSPS) is 9.21. The third-order valence-corrected chi connectivity index (χ3v) is 1.80. The van der Waals surface area contributed by atoms with Crippen LogP contribution in [0, 0.1) is 5.82 Å². The summed E-state index contributed by atoms with van der Waals surface area (Å²) in [5.41, 5.74) is 2.58. The summed E-state index contributed by atoms with van der Waals surface area (Å²) in [6, 6.07) is 6.03. The average Bonchev–Trinajstić information content (AvgIpc) is 2.16. The summed E-state index contributed by atoms with van der Waals surface area (Å²) in [7, 11) is 0. The molecule has 0 atom stereocenters. The van der Waals surface area contributed by atoms with Crippen molar-refractivity contribution in [2.24, 2.45) is 0 Å². The molecule has 0 aliphatic heterocycles. The molecule has 0 aliphatic rings. The van der Waals surface area contributed by atoms with Crippen LogP contribution in [0.5, 0.6) is 0 Å². The molecule has 0 unspecified atom stereocenters. The molecule has 0 bridgehead atoms. The largest absolute Gasteiger partial charge is 0.477 e. The summed E-state index contributed by atoms with van der Waals surface area (Å²) in [5, 5.41) is 8.66. The standard InChI is InChI=1S/C11H9FO2/c1-2-8(11(13)14)7-9-5-3-4-6-10(9)12/h3-6H,1,7H2,(H,13,14). The summed E-state index contributed by atoms with van der Waals surface area (Å²) in [6.45, 7) is 3.24. The van der Waals surface area contributed by atoms with Crippen molar-refractivity contribution in [2.45, 2.75) is 6.42 Å². The second kappa shape index (κ2) is 4.40. The SMILES string of the molecule is C=C=C(Cc1ccccc1F)C(=O)O. The number of halogens is 1. The van der Waals surface area contributed by atoms with Crippen LogP contribution in [-0.4, -0.2) is 11.1 Å². The molecule has 0 aliphatic carbocycles. The van der Waals surface area contributed by atoms with E-state index in [0.29, 0.717) is 5.56 Å². The average molecular weight is 192 g/mol. The molecular weight excluding hydrogens is 183 g/mol. The molecule has 72 valence electrons. The number of hydrogen-bond acceptors (Lipinski definition) is 1. The summed E-state index contributed by atoms with van der Waals surface area (Å²) in [5.74, 6) is -1.54. The van der Waals surface area contributed by atoms with E-state index in [-0.39, 0.29) is 12.0 Å². The van der Waals surface area contributed by atoms with E-state index in [1.165, 1.54) is 12.1 Å². The molecule has 0 fully saturated rings. The Morgan fingerprint density at radius 3 is 2.64 bits per heavy atom. The van der Waals surface area contributed by atoms with Crippen molar-refractivity contribution in [3.63, 3.8) is 0 Å². The first-order valence-electron chi connectivity index (χ1n) is 4.00. The summed E-state index contributed by atoms with van der Waals surface area (Å²) >= 11 is 0. The van der Waals surface area contributed by atoms with Crippen molar-refractivity contribution >= 4 is 5.97 Å². The molecule has 1 aromatic rings. The monoisotopic (exact) mass is 192 g/mol. The molecule has 2 nitrogen and oxygen atoms in total. The first-order chi connectivity index (χ1) is 6.65. The number of carbonyl (C=O) groups is 1. The van der Waals surface area contributed by atoms with Gasteiger partial charge in [0.15, 0.2) is 0 Å². The van der Waals surface area contributed by atoms with Crippen LogP contribution in [0.15, 0.2) is 42.1 Å². The van der Waals surface area contributed by atoms with E-state index in [2.05, 4.69) is 12.3 Å². The zero-order valence-corrected chi connectivity index (χ0v) is 7.46. The molecule has 0 amide bonds. The van der Waals surface area contributed by atoms with E-state index < -0.39 is 11.8 Å². The topological polar surface area (TPSA) is 37.3 Å². The number of carboxylic acid groups (broad SMARTS) is 1. The van der Waals surface area contributed by atoms with Crippen LogP contribution in [0.1, 0.15) is 5.56 Å². The first-order valence-corrected chi connectivity index (χ1v) is 4.00. The van der Waals surface area contributed by atoms with Gasteiger partial charge in [0.1, 0.15) is 5.82 Å². The quantitative estimate of drug-likeness (QED) is 0.588. The van der Waals surface area contributed by atoms with Crippen LogP contribution in [-0.2, 0) is 11.2 Å². The van der Waals surface area contributed by atoms with Gasteiger partial charge in [-0.1, -0.05) is 24.8 Å². The van der Waals surface area contributed by atoms with Gasteiger partial charge < -0.3 is 5.11 Å². The number of rotatable bonds is 3. The minimum Gasteiger partial charge on any atom is -0.477 e. The predicted octanol–water partition coefficient (Wildman–Crippen LogP) is 2.16. The molecule has 0 saturated carbocycles. The van der Waals surface area contributed by atoms with Crippen molar-refractivity contribution in [2.75, 3.05) is 0 Å². The summed E-state index contributed by atoms with van der Waals surface area (Å²) in [6.07, 6.45) is 0.00546. The van der Waals surface area contributed by atoms with E-state index >= 15 is 0 Å². The van der Waals surface area contributed by atoms with Gasteiger partial charge in [0, 0.05) is 6.42 Å². The first kappa shape index (κ1) is 10.2. The molecular formula is C11H9FO2. The maximum atomic E-state index is 13.1. The lowest BCUT2D eigenvalue weighted by Gasteiger charge is -2.01. The number of carboxylic acids is 1. The zero-order chi connectivity index (χ0) is 10.6. The minimum absolute atomic E-state index is 0.00546. The summed E-state index contributed by atoms with van der Waals surface area (Å²) in [4.78, 5) is 10.6. The van der Waals surface area contributed by atoms with Crippen LogP contribution in [0.4, 0.5) is 4.39 Å². The van der Waals surface area contributed by atoms with Crippen molar-refractivity contribution < 1.29 is 14.3 Å². The summed E-state index contributed by atoms with van der Waals surface area (Å²) < 4.78 is 13.1. The van der Waals surface area contributed by atoms with Crippen molar-refractivity contribution in [1.82, 2.24) is 0 Å². The molecule has 0 spiro atoms. The molecule has 1 N–H and O–H groups in total. The van der Waals surface area contributed by atoms with Crippen LogP contribution in [0.25, 0.3) is 0 Å². The third-order valence-electron chi connectivity index (χ3n) is 1.80. The van der Waals surface area contributed by atoms with E-state index in [4.69, 9.17) is 5.11 Å². The zero-order valence-electron chi connectivity index (χ0n) is 7.46. The fourth-order valence-corrected chi connectivity index (χ4v) is 1.05. The highest BCUT2D eigenvalue weighted by Crippen LogP contribution is 2.11. The molecule has 1 aromatic carbocycles. The minimum atomic E-state index is -1.12. The second-order valence-electron chi connectivity index (χ2n) is 2.73. The fourth-order valence-electron chi connectivity index (χ4n) is 1.05. The molecule has 0 aromatic heterocycles. The number of benzene rings is 1. The van der Waals surface area contributed by atoms with Crippen LogP contribution < -0.4 is 0 Å². The number of aliphatic carboxylic acids is 1. The van der Waals surface area contributed by atoms with Crippen molar-refractivity contribution in [1.29, 1.82) is 0 Å². The Morgan fingerprint density at radius 2 is 2.14 bits per heavy atom. The lowest BCUT2D eigenvalue weighted by molar-refractivity contribution is -0.132. The molecule has 1 rings (SSSR count). The van der Waals surface area contributed by atoms with E-state index in [1.807, 2.05) is 0 Å². The van der Waals surface area contributed by atoms with Gasteiger partial charge in [0.25, 0.3) is 0 Å². The maximum Gasteiger partial charge on any atom is 0.339 e. The van der Waals surface area contributed by atoms with E-state index in [9.17, 15) is 9.18 Å². The van der Waals surface area contributed by atoms with E-state index in [1.54, 1.807) is 12.1 Å². The Bertz CT molecular complexity index is 404. The Hall–Kier alpha value is -1.86. The lowest BCUT2D eigenvalue weighted by atomic mass is 10.1. The fraction of sp³-hybridized carbons (Fsp3) is 0.0909. The van der Waals surface area contributed by atoms with E-state index in [0.717, 1.165) is 0 Å². The van der Waals surface area contributed by atoms with Gasteiger partial charge in [-0.05, 0) is 11.6 Å². The smallest absolute Gasteiger partial charge is 0.339 e. The highest BCUT2D eigenvalue weighted by molar-refractivity contribution is 5.86. The van der Waals surface area contributed by atoms with Crippen molar-refractivity contribution in [3.8, 4) is 0 Å². The number of hydrogen-bond donors (Lipinski definition) is 1. The van der Waals surface area contributed by atoms with Gasteiger partial charge in [-0.15, -0.1) is 5.73 Å².